The van der Waals surface area contributed by atoms with Crippen LogP contribution in [-0.4, -0.2) is 97.5 Å². The number of benzene rings is 1. The summed E-state index contributed by atoms with van der Waals surface area (Å²) in [6.45, 7) is 7.76. The van der Waals surface area contributed by atoms with E-state index in [1.165, 1.54) is 0 Å². The number of alkyl halides is 6. The summed E-state index contributed by atoms with van der Waals surface area (Å²) in [6.07, 6.45) is -17.3. The Morgan fingerprint density at radius 2 is 1.49 bits per heavy atom. The van der Waals surface area contributed by atoms with E-state index in [9.17, 15) is 35.9 Å². The highest BCUT2D eigenvalue weighted by Gasteiger charge is 2.60. The first kappa shape index (κ1) is 27.3. The lowest BCUT2D eigenvalue weighted by Crippen LogP contribution is -2.52. The van der Waals surface area contributed by atoms with Crippen LogP contribution in [-0.2, 0) is 16.1 Å². The Morgan fingerprint density at radius 3 is 2.00 bits per heavy atom. The second-order valence-corrected chi connectivity index (χ2v) is 10.1. The molecule has 0 spiro atoms. The van der Waals surface area contributed by atoms with Gasteiger partial charge in [-0.15, -0.1) is 0 Å². The Balaban J connectivity index is 1.35. The van der Waals surface area contributed by atoms with Gasteiger partial charge in [-0.2, -0.15) is 26.3 Å². The summed E-state index contributed by atoms with van der Waals surface area (Å²) in [5.41, 5.74) is 3.24. The minimum Gasteiger partial charge on any atom is -0.426 e. The van der Waals surface area contributed by atoms with Gasteiger partial charge in [0.1, 0.15) is 0 Å². The number of halogens is 6. The molecule has 37 heavy (non-hydrogen) atoms. The number of piperazine rings is 1. The molecule has 3 heterocycles. The number of aryl methyl sites for hydroxylation is 1. The maximum Gasteiger partial charge on any atom is 0.434 e. The number of carbonyl (C=O) groups excluding carboxylic acids is 2. The van der Waals surface area contributed by atoms with Crippen LogP contribution in [0.4, 0.5) is 36.8 Å². The van der Waals surface area contributed by atoms with Crippen molar-refractivity contribution in [2.24, 2.45) is 11.8 Å². The van der Waals surface area contributed by atoms with Gasteiger partial charge in [0.25, 0.3) is 6.10 Å². The number of ether oxygens (including phenoxy) is 1. The predicted octanol–water partition coefficient (Wildman–Crippen LogP) is 3.66. The Bertz CT molecular complexity index is 981. The number of anilines is 1. The molecule has 3 fully saturated rings. The van der Waals surface area contributed by atoms with Crippen LogP contribution in [0.3, 0.4) is 0 Å². The topological polar surface area (TPSA) is 56.3 Å². The van der Waals surface area contributed by atoms with E-state index in [1.54, 1.807) is 6.92 Å². The molecule has 3 saturated heterocycles. The van der Waals surface area contributed by atoms with E-state index in [4.69, 9.17) is 0 Å². The van der Waals surface area contributed by atoms with Gasteiger partial charge in [0, 0.05) is 83.3 Å². The average molecular weight is 537 g/mol. The molecule has 0 aromatic heterocycles. The van der Waals surface area contributed by atoms with Gasteiger partial charge in [-0.3, -0.25) is 9.69 Å². The predicted molar refractivity (Wildman–Crippen MR) is 122 cm³/mol. The smallest absolute Gasteiger partial charge is 0.426 e. The largest absolute Gasteiger partial charge is 0.434 e. The van der Waals surface area contributed by atoms with E-state index in [0.717, 1.165) is 47.9 Å². The van der Waals surface area contributed by atoms with Gasteiger partial charge in [-0.25, -0.2) is 4.79 Å². The monoisotopic (exact) mass is 536 g/mol. The van der Waals surface area contributed by atoms with Gasteiger partial charge < -0.3 is 19.4 Å². The molecular weight excluding hydrogens is 506 g/mol. The molecule has 0 radical (unpaired) electrons. The summed E-state index contributed by atoms with van der Waals surface area (Å²) >= 11 is 0. The molecule has 2 atom stereocenters. The van der Waals surface area contributed by atoms with E-state index in [2.05, 4.69) is 15.7 Å². The summed E-state index contributed by atoms with van der Waals surface area (Å²) in [5, 5.41) is 0. The zero-order chi connectivity index (χ0) is 27.1. The first-order valence-corrected chi connectivity index (χ1v) is 12.1. The number of fused-ring (bicyclic) bond motifs is 1. The van der Waals surface area contributed by atoms with Crippen molar-refractivity contribution in [1.29, 1.82) is 0 Å². The van der Waals surface area contributed by atoms with E-state index in [1.807, 2.05) is 28.9 Å². The molecule has 1 aromatic carbocycles. The molecule has 1 aromatic rings. The van der Waals surface area contributed by atoms with Gasteiger partial charge in [-0.1, -0.05) is 12.1 Å². The molecule has 0 saturated carbocycles. The molecule has 206 valence electrons. The Morgan fingerprint density at radius 1 is 0.919 bits per heavy atom. The Kier molecular flexibility index (Phi) is 7.55. The van der Waals surface area contributed by atoms with Crippen molar-refractivity contribution >= 4 is 17.7 Å². The Hall–Kier alpha value is -2.70. The number of hydrogen-bond acceptors (Lipinski definition) is 5. The zero-order valence-electron chi connectivity index (χ0n) is 20.6. The summed E-state index contributed by atoms with van der Waals surface area (Å²) in [5.74, 6) is 0.903. The number of amides is 2. The number of carbonyl (C=O) groups is 2. The number of nitrogens with zero attached hydrogens (tertiary/aromatic N) is 4. The second-order valence-electron chi connectivity index (χ2n) is 10.1. The molecule has 3 aliphatic rings. The number of hydrogen-bond donors (Lipinski definition) is 0. The molecular formula is C24H30F6N4O3. The standard InChI is InChI=1S/C24H30F6N4O3/c1-15-3-4-17(20(9-15)34-13-18-11-33(16(2)35)12-19(18)14-34)10-31-5-7-32(8-6-31)22(36)37-21(23(25,26)27)24(28,29)30/h3-4,9,18-19,21H,5-8,10-14H2,1-2H3. The van der Waals surface area contributed by atoms with Crippen LogP contribution in [0, 0.1) is 18.8 Å². The van der Waals surface area contributed by atoms with E-state index < -0.39 is 24.5 Å². The molecule has 2 amide bonds. The maximum absolute atomic E-state index is 12.7. The lowest BCUT2D eigenvalue weighted by molar-refractivity contribution is -0.308. The number of likely N-dealkylation sites (tertiary alicyclic amines) is 1. The molecule has 13 heteroatoms. The normalized spacial score (nSPS) is 23.1. The van der Waals surface area contributed by atoms with Crippen molar-refractivity contribution < 1.29 is 40.7 Å². The third-order valence-corrected chi connectivity index (χ3v) is 7.35. The summed E-state index contributed by atoms with van der Waals surface area (Å²) < 4.78 is 80.2. The number of rotatable bonds is 4. The second kappa shape index (κ2) is 10.2. The van der Waals surface area contributed by atoms with Crippen molar-refractivity contribution in [3.05, 3.63) is 29.3 Å². The van der Waals surface area contributed by atoms with Crippen LogP contribution in [0.2, 0.25) is 0 Å². The molecule has 0 bridgehead atoms. The molecule has 2 unspecified atom stereocenters. The van der Waals surface area contributed by atoms with Crippen LogP contribution < -0.4 is 4.90 Å². The van der Waals surface area contributed by atoms with Crippen molar-refractivity contribution in [3.8, 4) is 0 Å². The lowest BCUT2D eigenvalue weighted by Gasteiger charge is -2.36. The van der Waals surface area contributed by atoms with E-state index >= 15 is 0 Å². The average Bonchev–Trinajstić information content (AvgIpc) is 3.37. The third kappa shape index (κ3) is 6.24. The van der Waals surface area contributed by atoms with Crippen LogP contribution >= 0.6 is 0 Å². The van der Waals surface area contributed by atoms with Crippen molar-refractivity contribution in [2.45, 2.75) is 38.8 Å². The van der Waals surface area contributed by atoms with Gasteiger partial charge in [0.05, 0.1) is 0 Å². The van der Waals surface area contributed by atoms with Gasteiger partial charge in [0.2, 0.25) is 5.91 Å². The SMILES string of the molecule is CC(=O)N1CC2CN(c3cc(C)ccc3CN3CCN(C(=O)OC(C(F)(F)F)C(F)(F)F)CC3)CC2C1. The van der Waals surface area contributed by atoms with Gasteiger partial charge in [-0.05, 0) is 24.1 Å². The Labute approximate surface area is 210 Å². The van der Waals surface area contributed by atoms with Gasteiger partial charge in [0.15, 0.2) is 0 Å². The van der Waals surface area contributed by atoms with Crippen LogP contribution in [0.15, 0.2) is 18.2 Å². The van der Waals surface area contributed by atoms with Crippen LogP contribution in [0.25, 0.3) is 0 Å². The molecule has 0 N–H and O–H groups in total. The molecule has 3 aliphatic heterocycles. The maximum atomic E-state index is 12.7. The van der Waals surface area contributed by atoms with Gasteiger partial charge >= 0.3 is 18.4 Å². The first-order chi connectivity index (χ1) is 17.2. The fourth-order valence-corrected chi connectivity index (χ4v) is 5.37. The van der Waals surface area contributed by atoms with Crippen molar-refractivity contribution in [3.63, 3.8) is 0 Å². The van der Waals surface area contributed by atoms with Crippen molar-refractivity contribution in [2.75, 3.05) is 57.3 Å². The zero-order valence-corrected chi connectivity index (χ0v) is 20.6. The minimum atomic E-state index is -5.74. The highest BCUT2D eigenvalue weighted by atomic mass is 19.4. The lowest BCUT2D eigenvalue weighted by atomic mass is 10.0. The molecule has 7 nitrogen and oxygen atoms in total. The highest BCUT2D eigenvalue weighted by Crippen LogP contribution is 2.37. The van der Waals surface area contributed by atoms with E-state index in [0.29, 0.717) is 18.4 Å². The summed E-state index contributed by atoms with van der Waals surface area (Å²) in [7, 11) is 0. The fraction of sp³-hybridized carbons (Fsp3) is 0.667. The van der Waals surface area contributed by atoms with Crippen molar-refractivity contribution in [1.82, 2.24) is 14.7 Å². The quantitative estimate of drug-likeness (QED) is 0.550. The third-order valence-electron chi connectivity index (χ3n) is 7.35. The first-order valence-electron chi connectivity index (χ1n) is 12.1. The summed E-state index contributed by atoms with van der Waals surface area (Å²) in [6, 6.07) is 6.13. The molecule has 4 rings (SSSR count). The van der Waals surface area contributed by atoms with Crippen LogP contribution in [0.1, 0.15) is 18.1 Å². The fourth-order valence-electron chi connectivity index (χ4n) is 5.37. The molecule has 0 aliphatic carbocycles. The van der Waals surface area contributed by atoms with E-state index in [-0.39, 0.29) is 32.1 Å². The minimum absolute atomic E-state index is 0.0444. The highest BCUT2D eigenvalue weighted by molar-refractivity contribution is 5.73. The van der Waals surface area contributed by atoms with Crippen LogP contribution in [0.5, 0.6) is 0 Å². The summed E-state index contributed by atoms with van der Waals surface area (Å²) in [4.78, 5) is 30.9.